The zero-order chi connectivity index (χ0) is 18.0. The van der Waals surface area contributed by atoms with Crippen molar-refractivity contribution in [3.63, 3.8) is 0 Å². The lowest BCUT2D eigenvalue weighted by atomic mass is 10.1. The van der Waals surface area contributed by atoms with E-state index in [2.05, 4.69) is 10.6 Å². The Kier molecular flexibility index (Phi) is 9.99. The van der Waals surface area contributed by atoms with Gasteiger partial charge in [0, 0.05) is 17.0 Å². The molecule has 10 heteroatoms. The molecule has 132 valence electrons. The third-order valence-electron chi connectivity index (χ3n) is 2.68. The second-order valence-electron chi connectivity index (χ2n) is 5.12. The monoisotopic (exact) mass is 350 g/mol. The van der Waals surface area contributed by atoms with Crippen LogP contribution in [0.1, 0.15) is 26.7 Å². The molecule has 0 fully saturated rings. The first-order valence-corrected chi connectivity index (χ1v) is 8.09. The van der Waals surface area contributed by atoms with E-state index in [1.165, 1.54) is 11.8 Å². The molecule has 0 aliphatic rings. The van der Waals surface area contributed by atoms with E-state index < -0.39 is 42.4 Å². The number of carboxylic acid groups (broad SMARTS) is 1. The first-order valence-electron chi connectivity index (χ1n) is 7.05. The van der Waals surface area contributed by atoms with Crippen molar-refractivity contribution in [2.24, 2.45) is 5.73 Å². The van der Waals surface area contributed by atoms with Crippen molar-refractivity contribution in [1.29, 1.82) is 0 Å². The standard InChI is InChI=1S/C13H23N3O6S/c1-7(2)23-6-9(12(20)15-5-11(18)19)16-10(17)4-3-8(14)13(21)22/h7-9H,3-6,14H2,1-2H3,(H,15,20)(H,16,17)(H,18,19)(H,21,22)/p+1/t8-,9-/m0/s1. The van der Waals surface area contributed by atoms with Crippen LogP contribution in [0, 0.1) is 0 Å². The van der Waals surface area contributed by atoms with Gasteiger partial charge in [0.2, 0.25) is 11.8 Å². The average Bonchev–Trinajstić information content (AvgIpc) is 2.45. The Hall–Kier alpha value is -1.81. The highest BCUT2D eigenvalue weighted by molar-refractivity contribution is 7.99. The van der Waals surface area contributed by atoms with Gasteiger partial charge in [0.15, 0.2) is 6.04 Å². The number of hydrogen-bond donors (Lipinski definition) is 4. The number of carboxylic acids is 1. The number of carbonyl (C=O) groups excluding carboxylic acids is 3. The molecule has 0 aliphatic carbocycles. The molecule has 0 bridgehead atoms. The minimum Gasteiger partial charge on any atom is -0.564 e. The molecule has 0 unspecified atom stereocenters. The van der Waals surface area contributed by atoms with Crippen molar-refractivity contribution in [3.05, 3.63) is 0 Å². The van der Waals surface area contributed by atoms with Crippen LogP contribution in [-0.2, 0) is 19.2 Å². The van der Waals surface area contributed by atoms with E-state index in [1.807, 2.05) is 13.8 Å². The maximum atomic E-state index is 11.9. The van der Waals surface area contributed by atoms with Crippen LogP contribution >= 0.6 is 11.8 Å². The Morgan fingerprint density at radius 3 is 2.35 bits per heavy atom. The molecule has 0 aromatic carbocycles. The molecule has 2 atom stereocenters. The number of nitrogens with two attached hydrogens (primary N) is 1. The first kappa shape index (κ1) is 21.2. The van der Waals surface area contributed by atoms with Crippen molar-refractivity contribution < 1.29 is 29.4 Å². The fraction of sp³-hybridized carbons (Fsp3) is 0.692. The summed E-state index contributed by atoms with van der Waals surface area (Å²) in [7, 11) is 0. The van der Waals surface area contributed by atoms with Gasteiger partial charge in [-0.3, -0.25) is 14.4 Å². The minimum absolute atomic E-state index is 0.00888. The van der Waals surface area contributed by atoms with Gasteiger partial charge in [-0.25, -0.2) is 0 Å². The predicted molar refractivity (Wildman–Crippen MR) is 86.0 cm³/mol. The highest BCUT2D eigenvalue weighted by Gasteiger charge is 2.24. The van der Waals surface area contributed by atoms with Crippen molar-refractivity contribution >= 4 is 35.5 Å². The van der Waals surface area contributed by atoms with Gasteiger partial charge >= 0.3 is 11.9 Å². The summed E-state index contributed by atoms with van der Waals surface area (Å²) in [6, 6.07) is -1.91. The van der Waals surface area contributed by atoms with E-state index in [0.717, 1.165) is 0 Å². The van der Waals surface area contributed by atoms with E-state index in [1.54, 1.807) is 0 Å². The number of carbonyl (C=O) groups is 4. The molecule has 0 spiro atoms. The van der Waals surface area contributed by atoms with E-state index in [0.29, 0.717) is 0 Å². The Morgan fingerprint density at radius 1 is 1.26 bits per heavy atom. The van der Waals surface area contributed by atoms with Crippen LogP contribution in [0.5, 0.6) is 0 Å². The fourth-order valence-electron chi connectivity index (χ4n) is 1.44. The minimum atomic E-state index is -1.18. The van der Waals surface area contributed by atoms with E-state index >= 15 is 0 Å². The van der Waals surface area contributed by atoms with E-state index in [4.69, 9.17) is 15.9 Å². The zero-order valence-electron chi connectivity index (χ0n) is 13.1. The summed E-state index contributed by atoms with van der Waals surface area (Å²) in [4.78, 5) is 44.9. The van der Waals surface area contributed by atoms with Crippen molar-refractivity contribution in [2.45, 2.75) is 44.0 Å². The molecule has 0 radical (unpaired) electrons. The number of nitrogens with one attached hydrogen (secondary N) is 2. The summed E-state index contributed by atoms with van der Waals surface area (Å²) in [5.41, 5.74) is 5.37. The molecule has 0 rings (SSSR count). The second-order valence-corrected chi connectivity index (χ2v) is 6.73. The Morgan fingerprint density at radius 2 is 1.87 bits per heavy atom. The van der Waals surface area contributed by atoms with Crippen LogP contribution in [-0.4, -0.2) is 63.6 Å². The van der Waals surface area contributed by atoms with Crippen LogP contribution in [0.4, 0.5) is 0 Å². The van der Waals surface area contributed by atoms with Crippen molar-refractivity contribution in [2.75, 3.05) is 12.3 Å². The number of amides is 2. The summed E-state index contributed by atoms with van der Waals surface area (Å²) >= 11 is 1.44. The lowest BCUT2D eigenvalue weighted by Gasteiger charge is -2.19. The van der Waals surface area contributed by atoms with E-state index in [-0.39, 0.29) is 23.8 Å². The smallest absolute Gasteiger partial charge is 0.532 e. The number of aliphatic carboxylic acids is 1. The molecule has 0 aromatic rings. The Labute approximate surface area is 138 Å². The topological polar surface area (TPSA) is 161 Å². The molecule has 7 N–H and O–H groups in total. The van der Waals surface area contributed by atoms with Gasteiger partial charge in [-0.05, 0) is 11.7 Å². The molecular weight excluding hydrogens is 326 g/mol. The van der Waals surface area contributed by atoms with Crippen LogP contribution < -0.4 is 16.4 Å². The highest BCUT2D eigenvalue weighted by atomic mass is 32.2. The molecule has 23 heavy (non-hydrogen) atoms. The zero-order valence-corrected chi connectivity index (χ0v) is 13.9. The van der Waals surface area contributed by atoms with Crippen LogP contribution in [0.2, 0.25) is 0 Å². The Balaban J connectivity index is 4.54. The molecule has 0 heterocycles. The van der Waals surface area contributed by atoms with Gasteiger partial charge in [-0.15, -0.1) is 0 Å². The van der Waals surface area contributed by atoms with Gasteiger partial charge in [0.25, 0.3) is 0 Å². The third-order valence-corrected chi connectivity index (χ3v) is 3.87. The maximum Gasteiger partial charge on any atom is 0.532 e. The quantitative estimate of drug-likeness (QED) is 0.319. The number of thioether (sulfide) groups is 1. The van der Waals surface area contributed by atoms with Crippen LogP contribution in [0.25, 0.3) is 0 Å². The fourth-order valence-corrected chi connectivity index (χ4v) is 2.25. The summed E-state index contributed by atoms with van der Waals surface area (Å²) in [5, 5.41) is 20.3. The largest absolute Gasteiger partial charge is 0.564 e. The van der Waals surface area contributed by atoms with Crippen molar-refractivity contribution in [3.8, 4) is 0 Å². The number of hydrogen-bond acceptors (Lipinski definition) is 6. The van der Waals surface area contributed by atoms with Crippen molar-refractivity contribution in [1.82, 2.24) is 10.6 Å². The summed E-state index contributed by atoms with van der Waals surface area (Å²) in [5.74, 6) is -2.92. The van der Waals surface area contributed by atoms with E-state index in [9.17, 15) is 19.2 Å². The average molecular weight is 350 g/mol. The number of rotatable bonds is 11. The molecule has 0 saturated carbocycles. The normalized spacial score (nSPS) is 13.2. The molecule has 0 aromatic heterocycles. The third kappa shape index (κ3) is 10.5. The molecule has 0 aliphatic heterocycles. The predicted octanol–water partition coefficient (Wildman–Crippen LogP) is -1.83. The molecule has 0 saturated heterocycles. The maximum absolute atomic E-state index is 11.9. The summed E-state index contributed by atoms with van der Waals surface area (Å²) < 4.78 is 0. The van der Waals surface area contributed by atoms with Gasteiger partial charge in [0.05, 0.1) is 0 Å². The second kappa shape index (κ2) is 10.8. The molecule has 9 nitrogen and oxygen atoms in total. The SMILES string of the molecule is CC(C)SC[C@H](NC(=O)CC[C@H](N)C(=O)[OH2+])C(=O)NCC(=O)O. The van der Waals surface area contributed by atoms with Gasteiger partial charge < -0.3 is 26.6 Å². The Bertz CT molecular complexity index is 443. The summed E-state index contributed by atoms with van der Waals surface area (Å²) in [6.07, 6.45) is -0.0875. The van der Waals surface area contributed by atoms with Gasteiger partial charge in [-0.2, -0.15) is 11.8 Å². The summed E-state index contributed by atoms with van der Waals surface area (Å²) in [6.45, 7) is 3.32. The molecule has 2 amide bonds. The van der Waals surface area contributed by atoms with Gasteiger partial charge in [-0.1, -0.05) is 13.8 Å². The van der Waals surface area contributed by atoms with Crippen LogP contribution in [0.3, 0.4) is 0 Å². The lowest BCUT2D eigenvalue weighted by molar-refractivity contribution is -0.139. The molecular formula is C13H24N3O6S+. The first-order chi connectivity index (χ1) is 10.6. The highest BCUT2D eigenvalue weighted by Crippen LogP contribution is 2.11. The van der Waals surface area contributed by atoms with Gasteiger partial charge in [0.1, 0.15) is 12.6 Å². The van der Waals surface area contributed by atoms with Crippen LogP contribution in [0.15, 0.2) is 0 Å². The lowest BCUT2D eigenvalue weighted by Crippen LogP contribution is -2.49.